The Morgan fingerprint density at radius 2 is 1.96 bits per heavy atom. The van der Waals surface area contributed by atoms with Crippen LogP contribution in [0, 0.1) is 13.8 Å². The maximum atomic E-state index is 12.7. The molecule has 1 aliphatic carbocycles. The first-order chi connectivity index (χ1) is 11.0. The fraction of sp³-hybridized carbons (Fsp3) is 0.412. The van der Waals surface area contributed by atoms with Crippen LogP contribution in [0.2, 0.25) is 0 Å². The van der Waals surface area contributed by atoms with Gasteiger partial charge in [0.2, 0.25) is 0 Å². The van der Waals surface area contributed by atoms with Crippen molar-refractivity contribution in [3.05, 3.63) is 37.4 Å². The summed E-state index contributed by atoms with van der Waals surface area (Å²) in [5.74, 6) is -0.537. The second kappa shape index (κ2) is 6.45. The van der Waals surface area contributed by atoms with Gasteiger partial charge in [0.15, 0.2) is 0 Å². The maximum absolute atomic E-state index is 12.7. The van der Waals surface area contributed by atoms with Gasteiger partial charge < -0.3 is 10.1 Å². The zero-order chi connectivity index (χ0) is 16.6. The van der Waals surface area contributed by atoms with Gasteiger partial charge >= 0.3 is 5.97 Å². The highest BCUT2D eigenvalue weighted by atomic mass is 32.1. The molecule has 0 aromatic carbocycles. The second-order valence-corrected chi connectivity index (χ2v) is 7.88. The average Bonchev–Trinajstić information content (AvgIpc) is 3.09. The summed E-state index contributed by atoms with van der Waals surface area (Å²) in [6, 6.07) is 0. The van der Waals surface area contributed by atoms with E-state index in [9.17, 15) is 9.59 Å². The minimum Gasteiger partial charge on any atom is -0.465 e. The van der Waals surface area contributed by atoms with Crippen LogP contribution < -0.4 is 5.32 Å². The summed E-state index contributed by atoms with van der Waals surface area (Å²) >= 11 is 3.08. The standard InChI is InChI=1S/C17H19NO3S2/c1-9-10(2)23-16(14(9)17(20)21-3)18-15(19)12-8-22-13-7-5-4-6-11(12)13/h8H,4-7H2,1-3H3,(H,18,19). The van der Waals surface area contributed by atoms with Gasteiger partial charge in [-0.15, -0.1) is 22.7 Å². The molecule has 1 N–H and O–H groups in total. The smallest absolute Gasteiger partial charge is 0.341 e. The van der Waals surface area contributed by atoms with Gasteiger partial charge in [-0.05, 0) is 50.7 Å². The van der Waals surface area contributed by atoms with E-state index in [1.54, 1.807) is 11.3 Å². The van der Waals surface area contributed by atoms with E-state index in [-0.39, 0.29) is 5.91 Å². The minimum atomic E-state index is -0.408. The number of amides is 1. The summed E-state index contributed by atoms with van der Waals surface area (Å²) in [6.45, 7) is 3.81. The Hall–Kier alpha value is -1.66. The predicted octanol–water partition coefficient (Wildman–Crippen LogP) is 4.34. The van der Waals surface area contributed by atoms with E-state index in [2.05, 4.69) is 5.32 Å². The number of hydrogen-bond acceptors (Lipinski definition) is 5. The fourth-order valence-corrected chi connectivity index (χ4v) is 5.09. The molecule has 0 fully saturated rings. The lowest BCUT2D eigenvalue weighted by Crippen LogP contribution is -2.16. The van der Waals surface area contributed by atoms with Gasteiger partial charge in [0.1, 0.15) is 5.00 Å². The SMILES string of the molecule is COC(=O)c1c(NC(=O)c2csc3c2CCCC3)sc(C)c1C. The van der Waals surface area contributed by atoms with E-state index < -0.39 is 5.97 Å². The summed E-state index contributed by atoms with van der Waals surface area (Å²) in [5.41, 5.74) is 3.27. The van der Waals surface area contributed by atoms with E-state index in [0.717, 1.165) is 35.3 Å². The van der Waals surface area contributed by atoms with Crippen molar-refractivity contribution in [1.82, 2.24) is 0 Å². The summed E-state index contributed by atoms with van der Waals surface area (Å²) in [4.78, 5) is 27.0. The lowest BCUT2D eigenvalue weighted by Gasteiger charge is -2.12. The highest BCUT2D eigenvalue weighted by Crippen LogP contribution is 2.35. The number of anilines is 1. The van der Waals surface area contributed by atoms with Gasteiger partial charge in [-0.1, -0.05) is 0 Å². The lowest BCUT2D eigenvalue weighted by molar-refractivity contribution is 0.0601. The molecule has 0 aliphatic heterocycles. The molecule has 2 aromatic rings. The lowest BCUT2D eigenvalue weighted by atomic mass is 9.95. The molecule has 1 aliphatic rings. The molecule has 2 aromatic heterocycles. The topological polar surface area (TPSA) is 55.4 Å². The third-order valence-electron chi connectivity index (χ3n) is 4.31. The minimum absolute atomic E-state index is 0.129. The van der Waals surface area contributed by atoms with Crippen molar-refractivity contribution < 1.29 is 14.3 Å². The molecule has 23 heavy (non-hydrogen) atoms. The van der Waals surface area contributed by atoms with E-state index in [1.807, 2.05) is 19.2 Å². The second-order valence-electron chi connectivity index (χ2n) is 5.69. The first-order valence-electron chi connectivity index (χ1n) is 7.61. The van der Waals surface area contributed by atoms with Gasteiger partial charge in [0.25, 0.3) is 5.91 Å². The van der Waals surface area contributed by atoms with Crippen molar-refractivity contribution >= 4 is 39.6 Å². The number of thiophene rings is 2. The van der Waals surface area contributed by atoms with Gasteiger partial charge in [0, 0.05) is 15.1 Å². The molecule has 3 rings (SSSR count). The molecule has 2 heterocycles. The monoisotopic (exact) mass is 349 g/mol. The molecule has 0 atom stereocenters. The van der Waals surface area contributed by atoms with Gasteiger partial charge in [-0.2, -0.15) is 0 Å². The van der Waals surface area contributed by atoms with Crippen molar-refractivity contribution in [3.63, 3.8) is 0 Å². The van der Waals surface area contributed by atoms with Gasteiger partial charge in [0.05, 0.1) is 18.2 Å². The Morgan fingerprint density at radius 3 is 2.70 bits per heavy atom. The van der Waals surface area contributed by atoms with E-state index in [1.165, 1.54) is 35.3 Å². The first kappa shape index (κ1) is 16.2. The zero-order valence-corrected chi connectivity index (χ0v) is 15.1. The third kappa shape index (κ3) is 2.93. The van der Waals surface area contributed by atoms with Crippen LogP contribution in [0.1, 0.15) is 54.4 Å². The number of aryl methyl sites for hydroxylation is 2. The Labute approximate surface area is 143 Å². The first-order valence-corrected chi connectivity index (χ1v) is 9.31. The molecule has 0 bridgehead atoms. The number of rotatable bonds is 3. The van der Waals surface area contributed by atoms with Crippen LogP contribution in [0.5, 0.6) is 0 Å². The molecule has 6 heteroatoms. The van der Waals surface area contributed by atoms with Crippen molar-refractivity contribution in [1.29, 1.82) is 0 Å². The third-order valence-corrected chi connectivity index (χ3v) is 6.52. The van der Waals surface area contributed by atoms with Crippen LogP contribution in [-0.4, -0.2) is 19.0 Å². The van der Waals surface area contributed by atoms with Crippen molar-refractivity contribution in [2.24, 2.45) is 0 Å². The molecule has 0 radical (unpaired) electrons. The van der Waals surface area contributed by atoms with Crippen molar-refractivity contribution in [2.75, 3.05) is 12.4 Å². The summed E-state index contributed by atoms with van der Waals surface area (Å²) in [6.07, 6.45) is 4.37. The average molecular weight is 349 g/mol. The number of esters is 1. The Morgan fingerprint density at radius 1 is 1.22 bits per heavy atom. The Kier molecular flexibility index (Phi) is 4.55. The van der Waals surface area contributed by atoms with Crippen molar-refractivity contribution in [3.8, 4) is 0 Å². The molecule has 1 amide bonds. The molecule has 0 saturated heterocycles. The number of ether oxygens (including phenoxy) is 1. The maximum Gasteiger partial charge on any atom is 0.341 e. The number of carbonyl (C=O) groups is 2. The predicted molar refractivity (Wildman–Crippen MR) is 94.0 cm³/mol. The number of carbonyl (C=O) groups excluding carboxylic acids is 2. The molecule has 0 unspecified atom stereocenters. The van der Waals surface area contributed by atoms with E-state index >= 15 is 0 Å². The van der Waals surface area contributed by atoms with Crippen molar-refractivity contribution in [2.45, 2.75) is 39.5 Å². The molecular formula is C17H19NO3S2. The number of hydrogen-bond donors (Lipinski definition) is 1. The van der Waals surface area contributed by atoms with Gasteiger partial charge in [-0.25, -0.2) is 4.79 Å². The zero-order valence-electron chi connectivity index (χ0n) is 13.4. The quantitative estimate of drug-likeness (QED) is 0.839. The van der Waals surface area contributed by atoms with E-state index in [0.29, 0.717) is 10.6 Å². The largest absolute Gasteiger partial charge is 0.465 e. The van der Waals surface area contributed by atoms with Crippen LogP contribution in [0.15, 0.2) is 5.38 Å². The van der Waals surface area contributed by atoms with Gasteiger partial charge in [-0.3, -0.25) is 4.79 Å². The fourth-order valence-electron chi connectivity index (χ4n) is 2.92. The summed E-state index contributed by atoms with van der Waals surface area (Å²) in [5, 5.41) is 5.44. The molecule has 122 valence electrons. The highest BCUT2D eigenvalue weighted by molar-refractivity contribution is 7.17. The summed E-state index contributed by atoms with van der Waals surface area (Å²) in [7, 11) is 1.36. The summed E-state index contributed by atoms with van der Waals surface area (Å²) < 4.78 is 4.85. The number of fused-ring (bicyclic) bond motifs is 1. The Balaban J connectivity index is 1.91. The number of methoxy groups -OCH3 is 1. The van der Waals surface area contributed by atoms with Crippen LogP contribution in [0.25, 0.3) is 0 Å². The molecular weight excluding hydrogens is 330 g/mol. The molecule has 0 saturated carbocycles. The van der Waals surface area contributed by atoms with Crippen LogP contribution in [0.4, 0.5) is 5.00 Å². The highest BCUT2D eigenvalue weighted by Gasteiger charge is 2.24. The van der Waals surface area contributed by atoms with E-state index in [4.69, 9.17) is 4.74 Å². The molecule has 4 nitrogen and oxygen atoms in total. The normalized spacial score (nSPS) is 13.5. The molecule has 0 spiro atoms. The number of nitrogens with one attached hydrogen (secondary N) is 1. The van der Waals surface area contributed by atoms with Crippen LogP contribution >= 0.6 is 22.7 Å². The van der Waals surface area contributed by atoms with Crippen LogP contribution in [-0.2, 0) is 17.6 Å². The van der Waals surface area contributed by atoms with Crippen LogP contribution in [0.3, 0.4) is 0 Å². The Bertz CT molecular complexity index is 773.